The standard InChI is InChI=1S/C15H16O7/c1-3-6-10-15(22-11(6)16)5-4-7-8(12(17)19-2)13(18)21-14(20-10)9(7)15/h3-5,7-10,13-14,18H,1-2H3/b6-3+/t7-,8+,9-,10-,13-,14+,15+/m0/s1. The predicted octanol–water partition coefficient (Wildman–Crippen LogP) is -0.107. The zero-order valence-electron chi connectivity index (χ0n) is 12.1. The van der Waals surface area contributed by atoms with Gasteiger partial charge in [-0.25, -0.2) is 4.79 Å². The Hall–Kier alpha value is -1.70. The summed E-state index contributed by atoms with van der Waals surface area (Å²) in [4.78, 5) is 24.0. The van der Waals surface area contributed by atoms with E-state index in [1.807, 2.05) is 0 Å². The van der Waals surface area contributed by atoms with E-state index in [4.69, 9.17) is 18.9 Å². The Morgan fingerprint density at radius 3 is 2.91 bits per heavy atom. The van der Waals surface area contributed by atoms with Gasteiger partial charge in [0.25, 0.3) is 0 Å². The molecule has 1 spiro atoms. The molecule has 7 heteroatoms. The van der Waals surface area contributed by atoms with Gasteiger partial charge < -0.3 is 24.1 Å². The summed E-state index contributed by atoms with van der Waals surface area (Å²) >= 11 is 0. The van der Waals surface area contributed by atoms with Gasteiger partial charge in [0.05, 0.1) is 18.6 Å². The topological polar surface area (TPSA) is 91.3 Å². The van der Waals surface area contributed by atoms with Crippen LogP contribution in [0.1, 0.15) is 6.92 Å². The summed E-state index contributed by atoms with van der Waals surface area (Å²) in [5.41, 5.74) is -0.520. The highest BCUT2D eigenvalue weighted by atomic mass is 16.8. The maximum absolute atomic E-state index is 12.0. The lowest BCUT2D eigenvalue weighted by Gasteiger charge is -2.39. The second kappa shape index (κ2) is 4.41. The first-order chi connectivity index (χ1) is 10.5. The fourth-order valence-corrected chi connectivity index (χ4v) is 4.12. The number of ether oxygens (including phenoxy) is 4. The second-order valence-corrected chi connectivity index (χ2v) is 5.91. The summed E-state index contributed by atoms with van der Waals surface area (Å²) < 4.78 is 21.6. The minimum absolute atomic E-state index is 0.366. The van der Waals surface area contributed by atoms with E-state index in [2.05, 4.69) is 0 Å². The van der Waals surface area contributed by atoms with E-state index in [9.17, 15) is 14.7 Å². The molecule has 7 atom stereocenters. The van der Waals surface area contributed by atoms with E-state index in [0.29, 0.717) is 5.57 Å². The van der Waals surface area contributed by atoms with Gasteiger partial charge in [-0.15, -0.1) is 0 Å². The number of esters is 2. The summed E-state index contributed by atoms with van der Waals surface area (Å²) in [7, 11) is 1.26. The normalized spacial score (nSPS) is 50.0. The first kappa shape index (κ1) is 13.9. The molecule has 4 rings (SSSR count). The quantitative estimate of drug-likeness (QED) is 0.410. The number of aliphatic hydroxyl groups is 1. The molecule has 0 amide bonds. The molecule has 3 saturated heterocycles. The summed E-state index contributed by atoms with van der Waals surface area (Å²) in [6.45, 7) is 1.74. The molecule has 1 N–H and O–H groups in total. The molecule has 1 aliphatic carbocycles. The van der Waals surface area contributed by atoms with Crippen LogP contribution >= 0.6 is 0 Å². The van der Waals surface area contributed by atoms with Crippen LogP contribution < -0.4 is 0 Å². The zero-order chi connectivity index (χ0) is 15.6. The smallest absolute Gasteiger partial charge is 0.337 e. The molecule has 3 fully saturated rings. The van der Waals surface area contributed by atoms with Crippen molar-refractivity contribution in [1.29, 1.82) is 0 Å². The number of methoxy groups -OCH3 is 1. The molecule has 22 heavy (non-hydrogen) atoms. The average molecular weight is 308 g/mol. The maximum Gasteiger partial charge on any atom is 0.337 e. The third-order valence-corrected chi connectivity index (χ3v) is 5.06. The third kappa shape index (κ3) is 1.46. The molecule has 118 valence electrons. The molecule has 0 aromatic carbocycles. The van der Waals surface area contributed by atoms with E-state index in [1.54, 1.807) is 25.2 Å². The third-order valence-electron chi connectivity index (χ3n) is 5.06. The Bertz CT molecular complexity index is 609. The van der Waals surface area contributed by atoms with Crippen molar-refractivity contribution >= 4 is 11.9 Å². The highest BCUT2D eigenvalue weighted by molar-refractivity contribution is 5.93. The lowest BCUT2D eigenvalue weighted by Crippen LogP contribution is -2.52. The van der Waals surface area contributed by atoms with Crippen molar-refractivity contribution in [1.82, 2.24) is 0 Å². The molecule has 3 aliphatic heterocycles. The molecule has 3 heterocycles. The fourth-order valence-electron chi connectivity index (χ4n) is 4.12. The number of rotatable bonds is 1. The zero-order valence-corrected chi connectivity index (χ0v) is 12.1. The Morgan fingerprint density at radius 1 is 1.45 bits per heavy atom. The maximum atomic E-state index is 12.0. The summed E-state index contributed by atoms with van der Waals surface area (Å²) in [6.07, 6.45) is 2.59. The largest absolute Gasteiger partial charge is 0.469 e. The van der Waals surface area contributed by atoms with Crippen LogP contribution in [-0.4, -0.2) is 48.4 Å². The van der Waals surface area contributed by atoms with Gasteiger partial charge in [-0.3, -0.25) is 4.79 Å². The summed E-state index contributed by atoms with van der Waals surface area (Å²) in [5, 5.41) is 10.1. The van der Waals surface area contributed by atoms with E-state index in [0.717, 1.165) is 0 Å². The Kier molecular flexibility index (Phi) is 2.79. The molecule has 0 aromatic rings. The Morgan fingerprint density at radius 2 is 2.23 bits per heavy atom. The summed E-state index contributed by atoms with van der Waals surface area (Å²) in [6, 6.07) is 0. The minimum Gasteiger partial charge on any atom is -0.469 e. The van der Waals surface area contributed by atoms with Crippen LogP contribution in [0.4, 0.5) is 0 Å². The van der Waals surface area contributed by atoms with Crippen molar-refractivity contribution < 1.29 is 33.6 Å². The monoisotopic (exact) mass is 308 g/mol. The van der Waals surface area contributed by atoms with Gasteiger partial charge in [0.15, 0.2) is 18.2 Å². The van der Waals surface area contributed by atoms with Gasteiger partial charge in [0.1, 0.15) is 12.0 Å². The molecule has 0 saturated carbocycles. The van der Waals surface area contributed by atoms with Crippen LogP contribution in [-0.2, 0) is 28.5 Å². The second-order valence-electron chi connectivity index (χ2n) is 5.91. The van der Waals surface area contributed by atoms with Gasteiger partial charge in [-0.05, 0) is 13.0 Å². The Balaban J connectivity index is 1.76. The number of hydrogen-bond donors (Lipinski definition) is 1. The van der Waals surface area contributed by atoms with Crippen molar-refractivity contribution in [2.75, 3.05) is 7.11 Å². The molecule has 0 bridgehead atoms. The molecule has 4 aliphatic rings. The van der Waals surface area contributed by atoms with Gasteiger partial charge in [0, 0.05) is 5.92 Å². The van der Waals surface area contributed by atoms with E-state index >= 15 is 0 Å². The fraction of sp³-hybridized carbons (Fsp3) is 0.600. The molecule has 0 unspecified atom stereocenters. The van der Waals surface area contributed by atoms with E-state index in [-0.39, 0.29) is 11.8 Å². The van der Waals surface area contributed by atoms with Crippen molar-refractivity contribution in [3.8, 4) is 0 Å². The molecule has 0 radical (unpaired) electrons. The van der Waals surface area contributed by atoms with E-state index in [1.165, 1.54) is 7.11 Å². The van der Waals surface area contributed by atoms with E-state index < -0.39 is 42.1 Å². The van der Waals surface area contributed by atoms with Crippen LogP contribution in [0.5, 0.6) is 0 Å². The van der Waals surface area contributed by atoms with Gasteiger partial charge >= 0.3 is 11.9 Å². The van der Waals surface area contributed by atoms with Crippen molar-refractivity contribution in [3.05, 3.63) is 23.8 Å². The minimum atomic E-state index is -1.32. The van der Waals surface area contributed by atoms with Gasteiger partial charge in [-0.1, -0.05) is 12.2 Å². The number of carbonyl (C=O) groups excluding carboxylic acids is 2. The van der Waals surface area contributed by atoms with Gasteiger partial charge in [0.2, 0.25) is 0 Å². The van der Waals surface area contributed by atoms with Crippen molar-refractivity contribution in [2.24, 2.45) is 17.8 Å². The van der Waals surface area contributed by atoms with Crippen LogP contribution in [0.3, 0.4) is 0 Å². The van der Waals surface area contributed by atoms with Crippen molar-refractivity contribution in [3.63, 3.8) is 0 Å². The lowest BCUT2D eigenvalue weighted by atomic mass is 9.75. The number of aliphatic hydroxyl groups excluding tert-OH is 1. The molecule has 0 aromatic heterocycles. The summed E-state index contributed by atoms with van der Waals surface area (Å²) in [5.74, 6) is -2.58. The lowest BCUT2D eigenvalue weighted by molar-refractivity contribution is -0.284. The number of hydrogen-bond acceptors (Lipinski definition) is 7. The van der Waals surface area contributed by atoms with Crippen LogP contribution in [0.15, 0.2) is 23.8 Å². The van der Waals surface area contributed by atoms with Crippen LogP contribution in [0.25, 0.3) is 0 Å². The van der Waals surface area contributed by atoms with Crippen LogP contribution in [0.2, 0.25) is 0 Å². The molecule has 7 nitrogen and oxygen atoms in total. The predicted molar refractivity (Wildman–Crippen MR) is 70.0 cm³/mol. The first-order valence-electron chi connectivity index (χ1n) is 7.19. The highest BCUT2D eigenvalue weighted by Gasteiger charge is 2.72. The van der Waals surface area contributed by atoms with Crippen LogP contribution in [0, 0.1) is 17.8 Å². The van der Waals surface area contributed by atoms with Crippen molar-refractivity contribution in [2.45, 2.75) is 31.2 Å². The molecular weight excluding hydrogens is 292 g/mol. The molecular formula is C15H16O7. The Labute approximate surface area is 126 Å². The first-order valence-corrected chi connectivity index (χ1v) is 7.19. The highest BCUT2D eigenvalue weighted by Crippen LogP contribution is 2.59. The number of allylic oxidation sites excluding steroid dienone is 2. The average Bonchev–Trinajstić information content (AvgIpc) is 3.07. The van der Waals surface area contributed by atoms with Gasteiger partial charge in [-0.2, -0.15) is 0 Å². The SMILES string of the molecule is C/C=C1/C(=O)O[C@@]23C=C[C@H]4[C@H](C(=O)OC)[C@@H](O)O[C@@H](O[C@@H]12)[C@H]43. The number of carbonyl (C=O) groups is 2.